The Kier molecular flexibility index (Phi) is 2.76. The largest absolute Gasteiger partial charge is 0.322 e. The van der Waals surface area contributed by atoms with Crippen LogP contribution in [-0.4, -0.2) is 18.4 Å². The van der Waals surface area contributed by atoms with Gasteiger partial charge < -0.3 is 10.2 Å². The fourth-order valence-corrected chi connectivity index (χ4v) is 3.18. The lowest BCUT2D eigenvalue weighted by molar-refractivity contribution is -0.117. The van der Waals surface area contributed by atoms with Gasteiger partial charge in [-0.2, -0.15) is 0 Å². The average Bonchev–Trinajstić information content (AvgIpc) is 3.04. The SMILES string of the molecule is O=C(Nc1cccc(F)c1)c1cc2c3c(c1)CC(=O)N3CC2. The van der Waals surface area contributed by atoms with Gasteiger partial charge in [0.15, 0.2) is 0 Å². The van der Waals surface area contributed by atoms with Gasteiger partial charge in [-0.15, -0.1) is 0 Å². The van der Waals surface area contributed by atoms with Crippen LogP contribution >= 0.6 is 0 Å². The molecule has 0 fully saturated rings. The third-order valence-corrected chi connectivity index (χ3v) is 4.13. The van der Waals surface area contributed by atoms with Gasteiger partial charge in [-0.3, -0.25) is 9.59 Å². The number of nitrogens with one attached hydrogen (secondary N) is 1. The zero-order valence-electron chi connectivity index (χ0n) is 11.7. The molecule has 4 rings (SSSR count). The number of rotatable bonds is 2. The second-order valence-electron chi connectivity index (χ2n) is 5.58. The Morgan fingerprint density at radius 2 is 2.00 bits per heavy atom. The second kappa shape index (κ2) is 4.66. The second-order valence-corrected chi connectivity index (χ2v) is 5.58. The summed E-state index contributed by atoms with van der Waals surface area (Å²) in [6.07, 6.45) is 1.12. The van der Waals surface area contributed by atoms with E-state index in [0.29, 0.717) is 24.2 Å². The molecule has 5 heteroatoms. The first-order valence-electron chi connectivity index (χ1n) is 7.15. The van der Waals surface area contributed by atoms with E-state index >= 15 is 0 Å². The molecule has 0 radical (unpaired) electrons. The van der Waals surface area contributed by atoms with Crippen LogP contribution in [-0.2, 0) is 17.6 Å². The van der Waals surface area contributed by atoms with E-state index in [9.17, 15) is 14.0 Å². The molecule has 110 valence electrons. The third kappa shape index (κ3) is 1.97. The number of anilines is 2. The van der Waals surface area contributed by atoms with Crippen molar-refractivity contribution in [3.63, 3.8) is 0 Å². The Hall–Kier alpha value is -2.69. The Labute approximate surface area is 126 Å². The molecule has 22 heavy (non-hydrogen) atoms. The van der Waals surface area contributed by atoms with Crippen molar-refractivity contribution in [2.24, 2.45) is 0 Å². The fourth-order valence-electron chi connectivity index (χ4n) is 3.18. The minimum absolute atomic E-state index is 0.0939. The van der Waals surface area contributed by atoms with E-state index in [-0.39, 0.29) is 11.8 Å². The lowest BCUT2D eigenvalue weighted by Gasteiger charge is -2.10. The van der Waals surface area contributed by atoms with Gasteiger partial charge in [0, 0.05) is 17.8 Å². The number of hydrogen-bond donors (Lipinski definition) is 1. The van der Waals surface area contributed by atoms with Gasteiger partial charge in [-0.05, 0) is 47.9 Å². The normalized spacial score (nSPS) is 15.1. The van der Waals surface area contributed by atoms with Crippen LogP contribution in [0.3, 0.4) is 0 Å². The predicted molar refractivity (Wildman–Crippen MR) is 80.6 cm³/mol. The van der Waals surface area contributed by atoms with Gasteiger partial charge >= 0.3 is 0 Å². The van der Waals surface area contributed by atoms with E-state index in [1.807, 2.05) is 6.07 Å². The maximum absolute atomic E-state index is 13.2. The molecule has 2 aliphatic heterocycles. The molecule has 1 N–H and O–H groups in total. The van der Waals surface area contributed by atoms with E-state index in [1.54, 1.807) is 23.1 Å². The first kappa shape index (κ1) is 13.0. The lowest BCUT2D eigenvalue weighted by atomic mass is 10.0. The zero-order valence-corrected chi connectivity index (χ0v) is 11.7. The lowest BCUT2D eigenvalue weighted by Crippen LogP contribution is -2.24. The molecule has 0 bridgehead atoms. The van der Waals surface area contributed by atoms with Crippen molar-refractivity contribution < 1.29 is 14.0 Å². The van der Waals surface area contributed by atoms with Crippen LogP contribution in [0.4, 0.5) is 15.8 Å². The highest BCUT2D eigenvalue weighted by molar-refractivity contribution is 6.08. The Balaban J connectivity index is 1.66. The summed E-state index contributed by atoms with van der Waals surface area (Å²) in [6.45, 7) is 0.691. The summed E-state index contributed by atoms with van der Waals surface area (Å²) in [7, 11) is 0. The van der Waals surface area contributed by atoms with E-state index < -0.39 is 5.82 Å². The first-order valence-corrected chi connectivity index (χ1v) is 7.15. The zero-order chi connectivity index (χ0) is 15.3. The van der Waals surface area contributed by atoms with Gasteiger partial charge in [0.2, 0.25) is 5.91 Å². The predicted octanol–water partition coefficient (Wildman–Crippen LogP) is 2.52. The Morgan fingerprint density at radius 1 is 1.18 bits per heavy atom. The van der Waals surface area contributed by atoms with Crippen LogP contribution < -0.4 is 10.2 Å². The molecule has 0 aliphatic carbocycles. The van der Waals surface area contributed by atoms with Crippen molar-refractivity contribution >= 4 is 23.2 Å². The van der Waals surface area contributed by atoms with Crippen molar-refractivity contribution in [2.45, 2.75) is 12.8 Å². The van der Waals surface area contributed by atoms with E-state index in [1.165, 1.54) is 12.1 Å². The quantitative estimate of drug-likeness (QED) is 0.925. The molecule has 0 spiro atoms. The van der Waals surface area contributed by atoms with Crippen molar-refractivity contribution in [3.8, 4) is 0 Å². The average molecular weight is 296 g/mol. The summed E-state index contributed by atoms with van der Waals surface area (Å²) in [4.78, 5) is 26.0. The fraction of sp³-hybridized carbons (Fsp3) is 0.176. The van der Waals surface area contributed by atoms with Crippen LogP contribution in [0.1, 0.15) is 21.5 Å². The van der Waals surface area contributed by atoms with Crippen LogP contribution in [0, 0.1) is 5.82 Å². The van der Waals surface area contributed by atoms with Gasteiger partial charge in [0.1, 0.15) is 5.82 Å². The Morgan fingerprint density at radius 3 is 2.82 bits per heavy atom. The maximum Gasteiger partial charge on any atom is 0.255 e. The van der Waals surface area contributed by atoms with Crippen molar-refractivity contribution in [1.82, 2.24) is 0 Å². The monoisotopic (exact) mass is 296 g/mol. The molecule has 0 aromatic heterocycles. The maximum atomic E-state index is 13.2. The molecular formula is C17H13FN2O2. The van der Waals surface area contributed by atoms with Crippen LogP contribution in [0.5, 0.6) is 0 Å². The Bertz CT molecular complexity index is 816. The van der Waals surface area contributed by atoms with Crippen LogP contribution in [0.2, 0.25) is 0 Å². The smallest absolute Gasteiger partial charge is 0.255 e. The molecule has 2 aromatic carbocycles. The summed E-state index contributed by atoms with van der Waals surface area (Å²) < 4.78 is 13.2. The highest BCUT2D eigenvalue weighted by Crippen LogP contribution is 2.38. The molecule has 2 aliphatic rings. The van der Waals surface area contributed by atoms with E-state index in [0.717, 1.165) is 23.2 Å². The van der Waals surface area contributed by atoms with Gasteiger partial charge in [-0.1, -0.05) is 6.07 Å². The molecule has 0 unspecified atom stereocenters. The standard InChI is InChI=1S/C17H13FN2O2/c18-13-2-1-3-14(9-13)19-17(22)12-6-10-4-5-20-15(21)8-11(7-12)16(10)20/h1-3,6-7,9H,4-5,8H2,(H,19,22). The number of benzene rings is 2. The number of carbonyl (C=O) groups excluding carboxylic acids is 2. The molecule has 0 atom stereocenters. The third-order valence-electron chi connectivity index (χ3n) is 4.13. The molecule has 4 nitrogen and oxygen atoms in total. The number of halogens is 1. The van der Waals surface area contributed by atoms with Gasteiger partial charge in [-0.25, -0.2) is 4.39 Å². The van der Waals surface area contributed by atoms with Crippen molar-refractivity contribution in [3.05, 3.63) is 58.9 Å². The summed E-state index contributed by atoms with van der Waals surface area (Å²) in [5.74, 6) is -0.592. The highest BCUT2D eigenvalue weighted by atomic mass is 19.1. The van der Waals surface area contributed by atoms with Crippen molar-refractivity contribution in [2.75, 3.05) is 16.8 Å². The summed E-state index contributed by atoms with van der Waals surface area (Å²) in [5.41, 5.74) is 3.85. The number of hydrogen-bond acceptors (Lipinski definition) is 2. The highest BCUT2D eigenvalue weighted by Gasteiger charge is 2.34. The van der Waals surface area contributed by atoms with E-state index in [2.05, 4.69) is 5.32 Å². The first-order chi connectivity index (χ1) is 10.6. The summed E-state index contributed by atoms with van der Waals surface area (Å²) >= 11 is 0. The van der Waals surface area contributed by atoms with Crippen LogP contribution in [0.15, 0.2) is 36.4 Å². The van der Waals surface area contributed by atoms with Crippen LogP contribution in [0.25, 0.3) is 0 Å². The van der Waals surface area contributed by atoms with Crippen molar-refractivity contribution in [1.29, 1.82) is 0 Å². The minimum Gasteiger partial charge on any atom is -0.322 e. The molecule has 2 aromatic rings. The number of carbonyl (C=O) groups is 2. The van der Waals surface area contributed by atoms with Gasteiger partial charge in [0.25, 0.3) is 5.91 Å². The topological polar surface area (TPSA) is 49.4 Å². The number of nitrogens with zero attached hydrogens (tertiary/aromatic N) is 1. The van der Waals surface area contributed by atoms with Gasteiger partial charge in [0.05, 0.1) is 12.1 Å². The summed E-state index contributed by atoms with van der Waals surface area (Å²) in [5, 5.41) is 2.69. The number of amides is 2. The molecule has 2 heterocycles. The molecule has 0 saturated carbocycles. The molecule has 0 saturated heterocycles. The van der Waals surface area contributed by atoms with E-state index in [4.69, 9.17) is 0 Å². The minimum atomic E-state index is -0.397. The molecule has 2 amide bonds. The molecular weight excluding hydrogens is 283 g/mol. The summed E-state index contributed by atoms with van der Waals surface area (Å²) in [6, 6.07) is 9.37.